The molecule has 0 aliphatic carbocycles. The van der Waals surface area contributed by atoms with E-state index in [4.69, 9.17) is 14.5 Å². The topological polar surface area (TPSA) is 27.7 Å². The Balaban J connectivity index is 0.00000144. The molecule has 0 saturated heterocycles. The number of hydrogen-bond acceptors (Lipinski definition) is 3. The van der Waals surface area contributed by atoms with Crippen molar-refractivity contribution in [1.82, 2.24) is 0 Å². The van der Waals surface area contributed by atoms with E-state index >= 15 is 0 Å². The van der Waals surface area contributed by atoms with Crippen molar-refractivity contribution in [3.05, 3.63) is 24.8 Å². The molecule has 0 spiro atoms. The van der Waals surface area contributed by atoms with Crippen LogP contribution in [0.4, 0.5) is 0 Å². The van der Waals surface area contributed by atoms with Gasteiger partial charge in [0.1, 0.15) is 6.10 Å². The predicted molar refractivity (Wildman–Crippen MR) is 56.0 cm³/mol. The van der Waals surface area contributed by atoms with Crippen LogP contribution in [0, 0.1) is 0 Å². The van der Waals surface area contributed by atoms with Gasteiger partial charge >= 0.3 is 0 Å². The van der Waals surface area contributed by atoms with Crippen molar-refractivity contribution >= 4 is 13.5 Å². The third-order valence-electron chi connectivity index (χ3n) is 1.43. The Labute approximate surface area is 85.7 Å². The van der Waals surface area contributed by atoms with E-state index < -0.39 is 0 Å². The van der Waals surface area contributed by atoms with E-state index in [2.05, 4.69) is 6.58 Å². The Kier molecular flexibility index (Phi) is 8.13. The van der Waals surface area contributed by atoms with Crippen molar-refractivity contribution in [3.63, 3.8) is 0 Å². The SMILES string of the molecule is C=CCOCC1C=CCCOO1.S. The molecule has 0 fully saturated rings. The minimum Gasteiger partial charge on any atom is -0.374 e. The Hall–Kier alpha value is -0.290. The van der Waals surface area contributed by atoms with Crippen LogP contribution < -0.4 is 0 Å². The second kappa shape index (κ2) is 8.31. The van der Waals surface area contributed by atoms with Crippen molar-refractivity contribution in [2.45, 2.75) is 12.5 Å². The van der Waals surface area contributed by atoms with E-state index in [-0.39, 0.29) is 19.6 Å². The first-order chi connectivity index (χ1) is 5.93. The summed E-state index contributed by atoms with van der Waals surface area (Å²) < 4.78 is 5.20. The number of hydrogen-bond donors (Lipinski definition) is 0. The fourth-order valence-corrected chi connectivity index (χ4v) is 0.883. The molecule has 76 valence electrons. The standard InChI is InChI=1S/C9H14O3.H2S/c1-2-6-10-8-9-5-3-4-7-11-12-9;/h2-3,5,9H,1,4,6-8H2;1H2. The number of rotatable bonds is 4. The fraction of sp³-hybridized carbons (Fsp3) is 0.556. The largest absolute Gasteiger partial charge is 0.374 e. The van der Waals surface area contributed by atoms with Crippen LogP contribution in [0.25, 0.3) is 0 Å². The summed E-state index contributed by atoms with van der Waals surface area (Å²) in [6.45, 7) is 5.23. The van der Waals surface area contributed by atoms with Crippen molar-refractivity contribution in [1.29, 1.82) is 0 Å². The van der Waals surface area contributed by atoms with Crippen molar-refractivity contribution in [3.8, 4) is 0 Å². The van der Waals surface area contributed by atoms with Gasteiger partial charge in [-0.2, -0.15) is 13.5 Å². The highest BCUT2D eigenvalue weighted by atomic mass is 32.1. The van der Waals surface area contributed by atoms with Gasteiger partial charge in [-0.25, -0.2) is 9.78 Å². The Morgan fingerprint density at radius 2 is 2.46 bits per heavy atom. The lowest BCUT2D eigenvalue weighted by Crippen LogP contribution is -2.16. The predicted octanol–water partition coefficient (Wildman–Crippen LogP) is 1.58. The number of ether oxygens (including phenoxy) is 1. The summed E-state index contributed by atoms with van der Waals surface area (Å²) >= 11 is 0. The van der Waals surface area contributed by atoms with E-state index in [0.717, 1.165) is 6.42 Å². The molecule has 1 aliphatic rings. The molecule has 1 heterocycles. The van der Waals surface area contributed by atoms with Gasteiger partial charge in [0.25, 0.3) is 0 Å². The third kappa shape index (κ3) is 5.87. The first-order valence-electron chi connectivity index (χ1n) is 4.07. The Bertz CT molecular complexity index is 159. The molecule has 0 radical (unpaired) electrons. The quantitative estimate of drug-likeness (QED) is 0.395. The molecular weight excluding hydrogens is 188 g/mol. The molecule has 3 nitrogen and oxygen atoms in total. The van der Waals surface area contributed by atoms with Crippen molar-refractivity contribution < 1.29 is 14.5 Å². The summed E-state index contributed by atoms with van der Waals surface area (Å²) in [6.07, 6.45) is 6.53. The van der Waals surface area contributed by atoms with Gasteiger partial charge in [0.2, 0.25) is 0 Å². The highest BCUT2D eigenvalue weighted by molar-refractivity contribution is 7.59. The molecule has 0 saturated carbocycles. The summed E-state index contributed by atoms with van der Waals surface area (Å²) in [5.74, 6) is 0. The molecule has 0 N–H and O–H groups in total. The maximum atomic E-state index is 5.20. The van der Waals surface area contributed by atoms with E-state index in [1.165, 1.54) is 0 Å². The van der Waals surface area contributed by atoms with Gasteiger partial charge in [-0.3, -0.25) is 0 Å². The average molecular weight is 204 g/mol. The lowest BCUT2D eigenvalue weighted by Gasteiger charge is -2.09. The smallest absolute Gasteiger partial charge is 0.134 e. The maximum absolute atomic E-state index is 5.20. The van der Waals surface area contributed by atoms with Gasteiger partial charge < -0.3 is 4.74 Å². The van der Waals surface area contributed by atoms with Gasteiger partial charge in [-0.05, 0) is 6.42 Å². The van der Waals surface area contributed by atoms with Crippen molar-refractivity contribution in [2.75, 3.05) is 19.8 Å². The molecule has 0 bridgehead atoms. The Morgan fingerprint density at radius 3 is 3.23 bits per heavy atom. The molecule has 1 rings (SSSR count). The monoisotopic (exact) mass is 204 g/mol. The normalized spacial score (nSPS) is 21.7. The van der Waals surface area contributed by atoms with Crippen LogP contribution in [0.1, 0.15) is 6.42 Å². The van der Waals surface area contributed by atoms with E-state index in [1.54, 1.807) is 6.08 Å². The first kappa shape index (κ1) is 12.7. The van der Waals surface area contributed by atoms with Crippen LogP contribution in [0.5, 0.6) is 0 Å². The second-order valence-corrected chi connectivity index (χ2v) is 2.50. The minimum absolute atomic E-state index is 0. The second-order valence-electron chi connectivity index (χ2n) is 2.50. The first-order valence-corrected chi connectivity index (χ1v) is 4.07. The third-order valence-corrected chi connectivity index (χ3v) is 1.43. The van der Waals surface area contributed by atoms with Crippen LogP contribution >= 0.6 is 13.5 Å². The molecule has 4 heteroatoms. The van der Waals surface area contributed by atoms with Gasteiger partial charge in [0, 0.05) is 0 Å². The van der Waals surface area contributed by atoms with Crippen LogP contribution in [-0.2, 0) is 14.5 Å². The zero-order valence-corrected chi connectivity index (χ0v) is 8.57. The van der Waals surface area contributed by atoms with E-state index in [9.17, 15) is 0 Å². The molecule has 1 aliphatic heterocycles. The molecule has 0 amide bonds. The molecule has 13 heavy (non-hydrogen) atoms. The highest BCUT2D eigenvalue weighted by Crippen LogP contribution is 2.03. The maximum Gasteiger partial charge on any atom is 0.134 e. The zero-order valence-electron chi connectivity index (χ0n) is 7.57. The van der Waals surface area contributed by atoms with Gasteiger partial charge in [0.15, 0.2) is 0 Å². The molecule has 1 atom stereocenters. The average Bonchev–Trinajstić information content (AvgIpc) is 2.33. The van der Waals surface area contributed by atoms with Crippen molar-refractivity contribution in [2.24, 2.45) is 0 Å². The van der Waals surface area contributed by atoms with Crippen LogP contribution in [-0.4, -0.2) is 25.9 Å². The van der Waals surface area contributed by atoms with Crippen LogP contribution in [0.3, 0.4) is 0 Å². The summed E-state index contributed by atoms with van der Waals surface area (Å²) in [7, 11) is 0. The van der Waals surface area contributed by atoms with E-state index in [0.29, 0.717) is 19.8 Å². The molecular formula is C9H16O3S. The lowest BCUT2D eigenvalue weighted by atomic mass is 10.3. The molecule has 0 aromatic rings. The van der Waals surface area contributed by atoms with Gasteiger partial charge in [-0.15, -0.1) is 6.58 Å². The summed E-state index contributed by atoms with van der Waals surface area (Å²) in [4.78, 5) is 9.87. The summed E-state index contributed by atoms with van der Waals surface area (Å²) in [5, 5.41) is 0. The lowest BCUT2D eigenvalue weighted by molar-refractivity contribution is -0.316. The van der Waals surface area contributed by atoms with Crippen LogP contribution in [0.15, 0.2) is 24.8 Å². The zero-order chi connectivity index (χ0) is 8.65. The van der Waals surface area contributed by atoms with Gasteiger partial charge in [0.05, 0.1) is 19.8 Å². The Morgan fingerprint density at radius 1 is 1.62 bits per heavy atom. The molecule has 0 aromatic heterocycles. The highest BCUT2D eigenvalue weighted by Gasteiger charge is 2.08. The molecule has 0 aromatic carbocycles. The molecule has 1 unspecified atom stereocenters. The fourth-order valence-electron chi connectivity index (χ4n) is 0.883. The van der Waals surface area contributed by atoms with E-state index in [1.807, 2.05) is 12.2 Å². The summed E-state index contributed by atoms with van der Waals surface area (Å²) in [6, 6.07) is 0. The minimum atomic E-state index is -0.0764. The van der Waals surface area contributed by atoms with Crippen LogP contribution in [0.2, 0.25) is 0 Å². The summed E-state index contributed by atoms with van der Waals surface area (Å²) in [5.41, 5.74) is 0. The van der Waals surface area contributed by atoms with Gasteiger partial charge in [-0.1, -0.05) is 18.2 Å².